The van der Waals surface area contributed by atoms with E-state index in [0.717, 1.165) is 5.76 Å². The summed E-state index contributed by atoms with van der Waals surface area (Å²) in [5, 5.41) is 5.78. The van der Waals surface area contributed by atoms with Crippen LogP contribution in [-0.4, -0.2) is 22.7 Å². The Morgan fingerprint density at radius 2 is 2.08 bits per heavy atom. The first kappa shape index (κ1) is 15.0. The average molecular weight is 338 g/mol. The highest BCUT2D eigenvalue weighted by atomic mass is 16.7. The highest BCUT2D eigenvalue weighted by Gasteiger charge is 2.15. The largest absolute Gasteiger partial charge is 0.467 e. The number of nitrogens with one attached hydrogen (secondary N) is 2. The summed E-state index contributed by atoms with van der Waals surface area (Å²) in [4.78, 5) is 20.7. The van der Waals surface area contributed by atoms with Gasteiger partial charge in [-0.15, -0.1) is 0 Å². The summed E-state index contributed by atoms with van der Waals surface area (Å²) in [7, 11) is 0. The number of nitrogens with zero attached hydrogens (tertiary/aromatic N) is 2. The van der Waals surface area contributed by atoms with Gasteiger partial charge in [-0.3, -0.25) is 4.79 Å². The van der Waals surface area contributed by atoms with Gasteiger partial charge in [0, 0.05) is 18.0 Å². The Morgan fingerprint density at radius 1 is 1.16 bits per heavy atom. The molecular weight excluding hydrogens is 324 g/mol. The fourth-order valence-corrected chi connectivity index (χ4v) is 2.32. The zero-order valence-electron chi connectivity index (χ0n) is 13.1. The predicted molar refractivity (Wildman–Crippen MR) is 88.6 cm³/mol. The van der Waals surface area contributed by atoms with Crippen molar-refractivity contribution < 1.29 is 18.7 Å². The van der Waals surface area contributed by atoms with E-state index in [2.05, 4.69) is 20.6 Å². The lowest BCUT2D eigenvalue weighted by Crippen LogP contribution is -2.15. The molecule has 1 aliphatic rings. The maximum Gasteiger partial charge on any atom is 0.274 e. The van der Waals surface area contributed by atoms with Crippen LogP contribution in [0.4, 0.5) is 11.6 Å². The highest BCUT2D eigenvalue weighted by molar-refractivity contribution is 6.03. The third-order valence-electron chi connectivity index (χ3n) is 3.52. The summed E-state index contributed by atoms with van der Waals surface area (Å²) >= 11 is 0. The van der Waals surface area contributed by atoms with Crippen LogP contribution in [0, 0.1) is 0 Å². The van der Waals surface area contributed by atoms with Crippen LogP contribution in [0.15, 0.2) is 53.3 Å². The molecule has 0 saturated carbocycles. The Balaban J connectivity index is 1.44. The SMILES string of the molecule is O=C(Nc1ccc2c(c1)OCO2)c1ccnc(NCc2ccco2)n1. The van der Waals surface area contributed by atoms with Gasteiger partial charge in [-0.25, -0.2) is 9.97 Å². The monoisotopic (exact) mass is 338 g/mol. The molecule has 2 aromatic heterocycles. The van der Waals surface area contributed by atoms with Gasteiger partial charge in [0.15, 0.2) is 11.5 Å². The van der Waals surface area contributed by atoms with E-state index in [1.54, 1.807) is 36.6 Å². The Morgan fingerprint density at radius 3 is 2.96 bits per heavy atom. The second kappa shape index (κ2) is 6.52. The molecule has 0 atom stereocenters. The molecule has 4 rings (SSSR count). The number of aromatic nitrogens is 2. The van der Waals surface area contributed by atoms with E-state index >= 15 is 0 Å². The van der Waals surface area contributed by atoms with Gasteiger partial charge in [0.05, 0.1) is 12.8 Å². The molecule has 0 unspecified atom stereocenters. The van der Waals surface area contributed by atoms with Gasteiger partial charge in [-0.1, -0.05) is 0 Å². The Labute approximate surface area is 142 Å². The van der Waals surface area contributed by atoms with Crippen molar-refractivity contribution in [3.8, 4) is 11.5 Å². The van der Waals surface area contributed by atoms with Gasteiger partial charge in [-0.05, 0) is 30.3 Å². The van der Waals surface area contributed by atoms with Crippen LogP contribution in [0.5, 0.6) is 11.5 Å². The second-order valence-corrected chi connectivity index (χ2v) is 5.22. The summed E-state index contributed by atoms with van der Waals surface area (Å²) in [5.74, 6) is 2.00. The zero-order chi connectivity index (χ0) is 17.1. The average Bonchev–Trinajstić information content (AvgIpc) is 3.31. The number of hydrogen-bond acceptors (Lipinski definition) is 7. The quantitative estimate of drug-likeness (QED) is 0.738. The van der Waals surface area contributed by atoms with Crippen LogP contribution in [0.2, 0.25) is 0 Å². The number of ether oxygens (including phenoxy) is 2. The number of carbonyl (C=O) groups excluding carboxylic acids is 1. The molecule has 1 amide bonds. The molecule has 2 N–H and O–H groups in total. The van der Waals surface area contributed by atoms with E-state index < -0.39 is 0 Å². The molecule has 0 radical (unpaired) electrons. The first-order valence-electron chi connectivity index (χ1n) is 7.58. The van der Waals surface area contributed by atoms with Crippen LogP contribution in [0.3, 0.4) is 0 Å². The van der Waals surface area contributed by atoms with Crippen molar-refractivity contribution in [3.63, 3.8) is 0 Å². The van der Waals surface area contributed by atoms with Crippen molar-refractivity contribution in [1.82, 2.24) is 9.97 Å². The van der Waals surface area contributed by atoms with E-state index in [0.29, 0.717) is 29.7 Å². The highest BCUT2D eigenvalue weighted by Crippen LogP contribution is 2.34. The molecule has 0 spiro atoms. The molecule has 3 aromatic rings. The zero-order valence-corrected chi connectivity index (χ0v) is 13.1. The van der Waals surface area contributed by atoms with Gasteiger partial charge in [0.1, 0.15) is 11.5 Å². The van der Waals surface area contributed by atoms with Crippen LogP contribution in [0.25, 0.3) is 0 Å². The van der Waals surface area contributed by atoms with Gasteiger partial charge in [0.25, 0.3) is 5.91 Å². The van der Waals surface area contributed by atoms with Gasteiger partial charge in [0.2, 0.25) is 12.7 Å². The number of benzene rings is 1. The first-order chi connectivity index (χ1) is 12.3. The van der Waals surface area contributed by atoms with Gasteiger partial charge in [-0.2, -0.15) is 0 Å². The molecule has 0 aliphatic carbocycles. The lowest BCUT2D eigenvalue weighted by molar-refractivity contribution is 0.102. The molecule has 1 aromatic carbocycles. The normalized spacial score (nSPS) is 12.0. The number of carbonyl (C=O) groups is 1. The maximum absolute atomic E-state index is 12.4. The maximum atomic E-state index is 12.4. The molecule has 25 heavy (non-hydrogen) atoms. The van der Waals surface area contributed by atoms with E-state index in [-0.39, 0.29) is 18.4 Å². The fraction of sp³-hybridized carbons (Fsp3) is 0.118. The van der Waals surface area contributed by atoms with E-state index in [1.807, 2.05) is 6.07 Å². The second-order valence-electron chi connectivity index (χ2n) is 5.22. The van der Waals surface area contributed by atoms with Crippen molar-refractivity contribution in [1.29, 1.82) is 0 Å². The Kier molecular flexibility index (Phi) is 3.91. The molecule has 1 aliphatic heterocycles. The van der Waals surface area contributed by atoms with Crippen LogP contribution >= 0.6 is 0 Å². The van der Waals surface area contributed by atoms with Crippen molar-refractivity contribution in [2.45, 2.75) is 6.54 Å². The fourth-order valence-electron chi connectivity index (χ4n) is 2.32. The number of hydrogen-bond donors (Lipinski definition) is 2. The van der Waals surface area contributed by atoms with E-state index in [9.17, 15) is 4.79 Å². The molecule has 8 nitrogen and oxygen atoms in total. The number of amides is 1. The molecule has 3 heterocycles. The third-order valence-corrected chi connectivity index (χ3v) is 3.52. The molecule has 8 heteroatoms. The van der Waals surface area contributed by atoms with Crippen LogP contribution in [-0.2, 0) is 6.54 Å². The standard InChI is InChI=1S/C17H14N4O4/c22-16(20-11-3-4-14-15(8-11)25-10-24-14)13-5-6-18-17(21-13)19-9-12-2-1-7-23-12/h1-8H,9-10H2,(H,20,22)(H,18,19,21). The smallest absolute Gasteiger partial charge is 0.274 e. The predicted octanol–water partition coefficient (Wildman–Crippen LogP) is 2.66. The summed E-state index contributed by atoms with van der Waals surface area (Å²) in [6.07, 6.45) is 3.11. The summed E-state index contributed by atoms with van der Waals surface area (Å²) in [5.41, 5.74) is 0.840. The lowest BCUT2D eigenvalue weighted by Gasteiger charge is -2.07. The molecule has 0 bridgehead atoms. The molecule has 126 valence electrons. The van der Waals surface area contributed by atoms with Crippen molar-refractivity contribution in [2.75, 3.05) is 17.4 Å². The van der Waals surface area contributed by atoms with Gasteiger partial charge >= 0.3 is 0 Å². The Hall–Kier alpha value is -3.55. The molecule has 0 saturated heterocycles. The minimum Gasteiger partial charge on any atom is -0.467 e. The first-order valence-corrected chi connectivity index (χ1v) is 7.58. The topological polar surface area (TPSA) is 98.5 Å². The van der Waals surface area contributed by atoms with E-state index in [1.165, 1.54) is 6.20 Å². The minimum absolute atomic E-state index is 0.184. The van der Waals surface area contributed by atoms with Gasteiger partial charge < -0.3 is 24.5 Å². The van der Waals surface area contributed by atoms with Crippen LogP contribution < -0.4 is 20.1 Å². The number of rotatable bonds is 5. The third kappa shape index (κ3) is 3.37. The number of fused-ring (bicyclic) bond motifs is 1. The van der Waals surface area contributed by atoms with Crippen molar-refractivity contribution in [2.24, 2.45) is 0 Å². The number of anilines is 2. The summed E-state index contributed by atoms with van der Waals surface area (Å²) in [6, 6.07) is 10.4. The van der Waals surface area contributed by atoms with E-state index in [4.69, 9.17) is 13.9 Å². The van der Waals surface area contributed by atoms with Crippen LogP contribution in [0.1, 0.15) is 16.2 Å². The minimum atomic E-state index is -0.345. The lowest BCUT2D eigenvalue weighted by atomic mass is 10.2. The Bertz CT molecular complexity index is 895. The van der Waals surface area contributed by atoms with Crippen molar-refractivity contribution in [3.05, 3.63) is 60.3 Å². The van der Waals surface area contributed by atoms with Crippen molar-refractivity contribution >= 4 is 17.5 Å². The summed E-state index contributed by atoms with van der Waals surface area (Å²) in [6.45, 7) is 0.615. The molecular formula is C17H14N4O4. The molecule has 0 fully saturated rings. The number of furan rings is 1. The summed E-state index contributed by atoms with van der Waals surface area (Å²) < 4.78 is 15.8.